The molecule has 0 bridgehead atoms. The topological polar surface area (TPSA) is 25.0 Å². The zero-order valence-electron chi connectivity index (χ0n) is 11.4. The lowest BCUT2D eigenvalue weighted by Gasteiger charge is -2.14. The SMILES string of the molecule is C[Si](C)(C)OCC=CCc1c[nH]c2ccccc12. The minimum absolute atomic E-state index is 0.734. The Kier molecular flexibility index (Phi) is 4.04. The number of aromatic nitrogens is 1. The van der Waals surface area contributed by atoms with Gasteiger partial charge in [-0.25, -0.2) is 0 Å². The number of hydrogen-bond donors (Lipinski definition) is 1. The van der Waals surface area contributed by atoms with Crippen molar-refractivity contribution in [2.24, 2.45) is 0 Å². The third-order valence-corrected chi connectivity index (χ3v) is 3.82. The van der Waals surface area contributed by atoms with E-state index in [1.54, 1.807) is 0 Å². The molecule has 0 fully saturated rings. The first-order valence-corrected chi connectivity index (χ1v) is 9.81. The predicted octanol–water partition coefficient (Wildman–Crippen LogP) is 4.12. The van der Waals surface area contributed by atoms with E-state index in [0.29, 0.717) is 0 Å². The van der Waals surface area contributed by atoms with Crippen molar-refractivity contribution in [3.05, 3.63) is 48.2 Å². The molecule has 0 amide bonds. The van der Waals surface area contributed by atoms with Gasteiger partial charge < -0.3 is 9.41 Å². The third kappa shape index (κ3) is 3.58. The van der Waals surface area contributed by atoms with Crippen LogP contribution in [-0.4, -0.2) is 19.9 Å². The van der Waals surface area contributed by atoms with Crippen molar-refractivity contribution in [1.82, 2.24) is 4.98 Å². The van der Waals surface area contributed by atoms with Crippen LogP contribution in [0.2, 0.25) is 19.6 Å². The highest BCUT2D eigenvalue weighted by Crippen LogP contribution is 2.18. The number of fused-ring (bicyclic) bond motifs is 1. The second-order valence-corrected chi connectivity index (χ2v) is 9.97. The Balaban J connectivity index is 1.92. The van der Waals surface area contributed by atoms with Crippen molar-refractivity contribution in [3.8, 4) is 0 Å². The lowest BCUT2D eigenvalue weighted by Crippen LogP contribution is -2.25. The minimum Gasteiger partial charge on any atom is -0.414 e. The van der Waals surface area contributed by atoms with Crippen molar-refractivity contribution in [2.75, 3.05) is 6.61 Å². The summed E-state index contributed by atoms with van der Waals surface area (Å²) in [7, 11) is -1.37. The summed E-state index contributed by atoms with van der Waals surface area (Å²) in [5.74, 6) is 0. The maximum atomic E-state index is 5.78. The molecular formula is C15H21NOSi. The van der Waals surface area contributed by atoms with E-state index < -0.39 is 8.32 Å². The number of para-hydroxylation sites is 1. The Hall–Kier alpha value is -1.32. The molecule has 0 radical (unpaired) electrons. The summed E-state index contributed by atoms with van der Waals surface area (Å²) in [5.41, 5.74) is 2.55. The Morgan fingerprint density at radius 2 is 1.94 bits per heavy atom. The zero-order valence-corrected chi connectivity index (χ0v) is 12.4. The molecule has 0 atom stereocenters. The van der Waals surface area contributed by atoms with E-state index in [0.717, 1.165) is 13.0 Å². The number of benzene rings is 1. The molecule has 0 saturated carbocycles. The molecule has 0 spiro atoms. The fraction of sp³-hybridized carbons (Fsp3) is 0.333. The molecule has 2 aromatic rings. The van der Waals surface area contributed by atoms with Crippen LogP contribution >= 0.6 is 0 Å². The van der Waals surface area contributed by atoms with Crippen LogP contribution in [0.15, 0.2) is 42.6 Å². The summed E-state index contributed by atoms with van der Waals surface area (Å²) in [4.78, 5) is 3.30. The third-order valence-electron chi connectivity index (χ3n) is 2.79. The second-order valence-electron chi connectivity index (χ2n) is 5.46. The first-order valence-electron chi connectivity index (χ1n) is 6.40. The quantitative estimate of drug-likeness (QED) is 0.634. The van der Waals surface area contributed by atoms with Gasteiger partial charge >= 0.3 is 0 Å². The molecule has 1 heterocycles. The Labute approximate surface area is 110 Å². The van der Waals surface area contributed by atoms with Gasteiger partial charge in [-0.1, -0.05) is 30.4 Å². The average molecular weight is 259 g/mol. The number of nitrogens with one attached hydrogen (secondary N) is 1. The smallest absolute Gasteiger partial charge is 0.184 e. The highest BCUT2D eigenvalue weighted by molar-refractivity contribution is 6.69. The van der Waals surface area contributed by atoms with Crippen LogP contribution in [0.4, 0.5) is 0 Å². The van der Waals surface area contributed by atoms with E-state index >= 15 is 0 Å². The maximum Gasteiger partial charge on any atom is 0.184 e. The largest absolute Gasteiger partial charge is 0.414 e. The molecular weight excluding hydrogens is 238 g/mol. The van der Waals surface area contributed by atoms with Gasteiger partial charge in [0.25, 0.3) is 0 Å². The monoisotopic (exact) mass is 259 g/mol. The van der Waals surface area contributed by atoms with Crippen molar-refractivity contribution in [2.45, 2.75) is 26.1 Å². The van der Waals surface area contributed by atoms with E-state index in [1.165, 1.54) is 16.5 Å². The molecule has 1 aromatic heterocycles. The number of aromatic amines is 1. The molecule has 96 valence electrons. The van der Waals surface area contributed by atoms with Crippen LogP contribution in [0.3, 0.4) is 0 Å². The molecule has 0 aliphatic carbocycles. The van der Waals surface area contributed by atoms with Crippen molar-refractivity contribution in [3.63, 3.8) is 0 Å². The van der Waals surface area contributed by atoms with Crippen molar-refractivity contribution < 1.29 is 4.43 Å². The summed E-state index contributed by atoms with van der Waals surface area (Å²) in [6.07, 6.45) is 7.36. The van der Waals surface area contributed by atoms with Crippen molar-refractivity contribution in [1.29, 1.82) is 0 Å². The summed E-state index contributed by atoms with van der Waals surface area (Å²) >= 11 is 0. The Bertz CT molecular complexity index is 537. The molecule has 0 saturated heterocycles. The predicted molar refractivity (Wildman–Crippen MR) is 80.4 cm³/mol. The standard InChI is InChI=1S/C15H21NOSi/c1-18(2,3)17-11-7-6-8-13-12-16-15-10-5-4-9-14(13)15/h4-7,9-10,12,16H,8,11H2,1-3H3. The summed E-state index contributed by atoms with van der Waals surface area (Å²) in [5, 5.41) is 1.31. The highest BCUT2D eigenvalue weighted by Gasteiger charge is 2.12. The summed E-state index contributed by atoms with van der Waals surface area (Å²) in [6, 6.07) is 8.41. The maximum absolute atomic E-state index is 5.78. The lowest BCUT2D eigenvalue weighted by atomic mass is 10.1. The van der Waals surface area contributed by atoms with E-state index in [9.17, 15) is 0 Å². The Morgan fingerprint density at radius 3 is 2.72 bits per heavy atom. The second kappa shape index (κ2) is 5.55. The van der Waals surface area contributed by atoms with Crippen LogP contribution in [0, 0.1) is 0 Å². The number of rotatable bonds is 5. The fourth-order valence-electron chi connectivity index (χ4n) is 1.88. The van der Waals surface area contributed by atoms with E-state index in [2.05, 4.69) is 67.2 Å². The van der Waals surface area contributed by atoms with Crippen LogP contribution in [0.5, 0.6) is 0 Å². The summed E-state index contributed by atoms with van der Waals surface area (Å²) < 4.78 is 5.78. The van der Waals surface area contributed by atoms with Gasteiger partial charge in [-0.15, -0.1) is 0 Å². The van der Waals surface area contributed by atoms with Crippen LogP contribution < -0.4 is 0 Å². The van der Waals surface area contributed by atoms with Gasteiger partial charge in [-0.3, -0.25) is 0 Å². The number of H-pyrrole nitrogens is 1. The van der Waals surface area contributed by atoms with Gasteiger partial charge in [-0.05, 0) is 37.7 Å². The van der Waals surface area contributed by atoms with Crippen LogP contribution in [0.1, 0.15) is 5.56 Å². The summed E-state index contributed by atoms with van der Waals surface area (Å²) in [6.45, 7) is 7.36. The minimum atomic E-state index is -1.37. The van der Waals surface area contributed by atoms with Gasteiger partial charge in [0.2, 0.25) is 0 Å². The van der Waals surface area contributed by atoms with Crippen LogP contribution in [0.25, 0.3) is 10.9 Å². The van der Waals surface area contributed by atoms with Crippen LogP contribution in [-0.2, 0) is 10.8 Å². The van der Waals surface area contributed by atoms with Gasteiger partial charge in [0.1, 0.15) is 0 Å². The first-order chi connectivity index (χ1) is 8.56. The fourth-order valence-corrected chi connectivity index (χ4v) is 2.47. The van der Waals surface area contributed by atoms with Gasteiger partial charge in [0, 0.05) is 17.1 Å². The molecule has 2 rings (SSSR count). The molecule has 3 heteroatoms. The normalized spacial score (nSPS) is 12.6. The Morgan fingerprint density at radius 1 is 1.17 bits per heavy atom. The highest BCUT2D eigenvalue weighted by atomic mass is 28.4. The number of hydrogen-bond acceptors (Lipinski definition) is 1. The molecule has 18 heavy (non-hydrogen) atoms. The van der Waals surface area contributed by atoms with E-state index in [4.69, 9.17) is 4.43 Å². The van der Waals surface area contributed by atoms with Crippen molar-refractivity contribution >= 4 is 19.2 Å². The van der Waals surface area contributed by atoms with Gasteiger partial charge in [-0.2, -0.15) is 0 Å². The van der Waals surface area contributed by atoms with E-state index in [-0.39, 0.29) is 0 Å². The zero-order chi connectivity index (χ0) is 13.0. The molecule has 0 aliphatic rings. The average Bonchev–Trinajstić information content (AvgIpc) is 2.71. The lowest BCUT2D eigenvalue weighted by molar-refractivity contribution is 0.357. The molecule has 1 N–H and O–H groups in total. The molecule has 1 aromatic carbocycles. The number of allylic oxidation sites excluding steroid dienone is 1. The van der Waals surface area contributed by atoms with E-state index in [1.807, 2.05) is 0 Å². The van der Waals surface area contributed by atoms with Gasteiger partial charge in [0.15, 0.2) is 8.32 Å². The first kappa shape index (κ1) is 13.1. The van der Waals surface area contributed by atoms with Gasteiger partial charge in [0.05, 0.1) is 6.61 Å². The molecule has 0 aliphatic heterocycles. The molecule has 0 unspecified atom stereocenters. The molecule has 2 nitrogen and oxygen atoms in total.